The lowest BCUT2D eigenvalue weighted by Crippen LogP contribution is -2.23. The molecule has 0 heterocycles. The van der Waals surface area contributed by atoms with Crippen molar-refractivity contribution in [1.82, 2.24) is 0 Å². The van der Waals surface area contributed by atoms with Gasteiger partial charge in [0.2, 0.25) is 0 Å². The Hall–Kier alpha value is -1.60. The monoisotopic (exact) mass is 240 g/mol. The number of rotatable bonds is 3. The van der Waals surface area contributed by atoms with Crippen molar-refractivity contribution >= 4 is 0 Å². The first kappa shape index (κ1) is 12.8. The first-order valence-corrected chi connectivity index (χ1v) is 6.34. The van der Waals surface area contributed by atoms with Crippen molar-refractivity contribution < 1.29 is 4.74 Å². The van der Waals surface area contributed by atoms with E-state index in [2.05, 4.69) is 69.3 Å². The van der Waals surface area contributed by atoms with Crippen LogP contribution < -0.4 is 0 Å². The Balaban J connectivity index is 2.36. The predicted octanol–water partition coefficient (Wildman–Crippen LogP) is 4.59. The van der Waals surface area contributed by atoms with E-state index in [0.29, 0.717) is 0 Å². The lowest BCUT2D eigenvalue weighted by molar-refractivity contribution is -0.0429. The van der Waals surface area contributed by atoms with Crippen molar-refractivity contribution in [1.29, 1.82) is 0 Å². The van der Waals surface area contributed by atoms with Gasteiger partial charge in [0.1, 0.15) is 6.10 Å². The molecule has 0 saturated heterocycles. The van der Waals surface area contributed by atoms with E-state index in [-0.39, 0.29) is 11.7 Å². The molecule has 2 aromatic rings. The van der Waals surface area contributed by atoms with Crippen molar-refractivity contribution in [3.8, 4) is 0 Å². The normalized spacial score (nSPS) is 11.8. The summed E-state index contributed by atoms with van der Waals surface area (Å²) in [6, 6.07) is 20.7. The third-order valence-corrected chi connectivity index (χ3v) is 2.68. The van der Waals surface area contributed by atoms with Crippen LogP contribution in [0.2, 0.25) is 0 Å². The molecular formula is C17H20O. The second-order valence-electron chi connectivity index (χ2n) is 5.43. The minimum atomic E-state index is -0.170. The molecule has 94 valence electrons. The van der Waals surface area contributed by atoms with Crippen molar-refractivity contribution in [2.24, 2.45) is 0 Å². The van der Waals surface area contributed by atoms with Gasteiger partial charge in [-0.15, -0.1) is 0 Å². The van der Waals surface area contributed by atoms with Crippen molar-refractivity contribution in [3.63, 3.8) is 0 Å². The topological polar surface area (TPSA) is 9.23 Å². The summed E-state index contributed by atoms with van der Waals surface area (Å²) >= 11 is 0. The fraction of sp³-hybridized carbons (Fsp3) is 0.294. The smallest absolute Gasteiger partial charge is 0.108 e. The van der Waals surface area contributed by atoms with Gasteiger partial charge in [0.15, 0.2) is 0 Å². The molecule has 18 heavy (non-hydrogen) atoms. The molecule has 1 heteroatoms. The Kier molecular flexibility index (Phi) is 3.83. The molecule has 0 aliphatic rings. The number of ether oxygens (including phenoxy) is 1. The van der Waals surface area contributed by atoms with E-state index < -0.39 is 0 Å². The Labute approximate surface area is 109 Å². The highest BCUT2D eigenvalue weighted by Crippen LogP contribution is 2.30. The van der Waals surface area contributed by atoms with Gasteiger partial charge in [-0.2, -0.15) is 0 Å². The van der Waals surface area contributed by atoms with Crippen LogP contribution in [0.1, 0.15) is 38.0 Å². The van der Waals surface area contributed by atoms with Gasteiger partial charge in [-0.25, -0.2) is 0 Å². The molecule has 2 rings (SSSR count). The van der Waals surface area contributed by atoms with Crippen LogP contribution in [-0.4, -0.2) is 5.60 Å². The number of hydrogen-bond acceptors (Lipinski definition) is 1. The molecule has 0 N–H and O–H groups in total. The van der Waals surface area contributed by atoms with Crippen molar-refractivity contribution in [2.75, 3.05) is 0 Å². The standard InChI is InChI=1S/C17H20O/c1-17(2,3)18-16(14-10-6-4-7-11-14)15-12-8-5-9-13-15/h4-13,16H,1-3H3. The van der Waals surface area contributed by atoms with E-state index in [1.165, 1.54) is 11.1 Å². The molecule has 0 aromatic heterocycles. The fourth-order valence-corrected chi connectivity index (χ4v) is 1.94. The molecule has 0 spiro atoms. The van der Waals surface area contributed by atoms with Crippen molar-refractivity contribution in [2.45, 2.75) is 32.5 Å². The maximum absolute atomic E-state index is 6.21. The fourth-order valence-electron chi connectivity index (χ4n) is 1.94. The van der Waals surface area contributed by atoms with Gasteiger partial charge >= 0.3 is 0 Å². The molecule has 0 fully saturated rings. The summed E-state index contributed by atoms with van der Waals surface area (Å²) in [5, 5.41) is 0. The van der Waals surface area contributed by atoms with Gasteiger partial charge in [0.25, 0.3) is 0 Å². The summed E-state index contributed by atoms with van der Waals surface area (Å²) in [7, 11) is 0. The van der Waals surface area contributed by atoms with E-state index in [1.807, 2.05) is 12.1 Å². The summed E-state index contributed by atoms with van der Waals surface area (Å²) < 4.78 is 6.21. The molecule has 2 aromatic carbocycles. The highest BCUT2D eigenvalue weighted by Gasteiger charge is 2.21. The summed E-state index contributed by atoms with van der Waals surface area (Å²) in [5.74, 6) is 0. The van der Waals surface area contributed by atoms with Gasteiger partial charge < -0.3 is 4.74 Å². The number of hydrogen-bond donors (Lipinski definition) is 0. The predicted molar refractivity (Wildman–Crippen MR) is 75.6 cm³/mol. The Bertz CT molecular complexity index is 428. The summed E-state index contributed by atoms with van der Waals surface area (Å²) in [4.78, 5) is 0. The first-order valence-electron chi connectivity index (χ1n) is 6.34. The minimum absolute atomic E-state index is 0.00704. The first-order chi connectivity index (χ1) is 8.56. The van der Waals surface area contributed by atoms with Crippen molar-refractivity contribution in [3.05, 3.63) is 71.8 Å². The zero-order valence-electron chi connectivity index (χ0n) is 11.3. The van der Waals surface area contributed by atoms with Gasteiger partial charge in [-0.1, -0.05) is 60.7 Å². The van der Waals surface area contributed by atoms with Crippen LogP contribution in [0.3, 0.4) is 0 Å². The lowest BCUT2D eigenvalue weighted by atomic mass is 10.0. The molecular weight excluding hydrogens is 220 g/mol. The molecule has 0 atom stereocenters. The lowest BCUT2D eigenvalue weighted by Gasteiger charge is -2.28. The van der Waals surface area contributed by atoms with E-state index in [4.69, 9.17) is 4.74 Å². The molecule has 0 saturated carbocycles. The molecule has 0 radical (unpaired) electrons. The minimum Gasteiger partial charge on any atom is -0.363 e. The molecule has 1 nitrogen and oxygen atoms in total. The van der Waals surface area contributed by atoms with Crippen LogP contribution >= 0.6 is 0 Å². The van der Waals surface area contributed by atoms with Gasteiger partial charge in [-0.3, -0.25) is 0 Å². The summed E-state index contributed by atoms with van der Waals surface area (Å²) in [6.45, 7) is 6.27. The quantitative estimate of drug-likeness (QED) is 0.762. The van der Waals surface area contributed by atoms with Crippen LogP contribution in [0.25, 0.3) is 0 Å². The molecule has 0 aliphatic heterocycles. The average Bonchev–Trinajstić information content (AvgIpc) is 2.37. The molecule has 0 aliphatic carbocycles. The number of benzene rings is 2. The zero-order valence-corrected chi connectivity index (χ0v) is 11.3. The molecule has 0 bridgehead atoms. The van der Waals surface area contributed by atoms with Crippen LogP contribution in [0.5, 0.6) is 0 Å². The maximum Gasteiger partial charge on any atom is 0.108 e. The highest BCUT2D eigenvalue weighted by molar-refractivity contribution is 5.30. The molecule has 0 amide bonds. The van der Waals surface area contributed by atoms with Crippen LogP contribution in [0.4, 0.5) is 0 Å². The van der Waals surface area contributed by atoms with Gasteiger partial charge in [0, 0.05) is 0 Å². The van der Waals surface area contributed by atoms with E-state index >= 15 is 0 Å². The third-order valence-electron chi connectivity index (χ3n) is 2.68. The maximum atomic E-state index is 6.21. The molecule has 0 unspecified atom stereocenters. The van der Waals surface area contributed by atoms with Gasteiger partial charge in [-0.05, 0) is 31.9 Å². The van der Waals surface area contributed by atoms with E-state index in [0.717, 1.165) is 0 Å². The van der Waals surface area contributed by atoms with Crippen LogP contribution in [0, 0.1) is 0 Å². The van der Waals surface area contributed by atoms with Crippen LogP contribution in [-0.2, 0) is 4.74 Å². The average molecular weight is 240 g/mol. The van der Waals surface area contributed by atoms with Crippen LogP contribution in [0.15, 0.2) is 60.7 Å². The Morgan fingerprint density at radius 1 is 0.722 bits per heavy atom. The Morgan fingerprint density at radius 3 is 1.44 bits per heavy atom. The van der Waals surface area contributed by atoms with E-state index in [9.17, 15) is 0 Å². The third kappa shape index (κ3) is 3.44. The summed E-state index contributed by atoms with van der Waals surface area (Å²) in [5.41, 5.74) is 2.22. The summed E-state index contributed by atoms with van der Waals surface area (Å²) in [6.07, 6.45) is -0.00704. The highest BCUT2D eigenvalue weighted by atomic mass is 16.5. The van der Waals surface area contributed by atoms with Gasteiger partial charge in [0.05, 0.1) is 5.60 Å². The zero-order chi connectivity index (χ0) is 13.0. The largest absolute Gasteiger partial charge is 0.363 e. The second-order valence-corrected chi connectivity index (χ2v) is 5.43. The SMILES string of the molecule is CC(C)(C)OC(c1ccccc1)c1ccccc1. The van der Waals surface area contributed by atoms with E-state index in [1.54, 1.807) is 0 Å². The second kappa shape index (κ2) is 5.36. The Morgan fingerprint density at radius 2 is 1.11 bits per heavy atom.